The number of aliphatic carboxylic acids is 1. The Labute approximate surface area is 141 Å². The van der Waals surface area contributed by atoms with Crippen molar-refractivity contribution in [2.24, 2.45) is 0 Å². The van der Waals surface area contributed by atoms with E-state index in [2.05, 4.69) is 5.92 Å². The van der Waals surface area contributed by atoms with Crippen molar-refractivity contribution in [3.8, 4) is 12.3 Å². The molecule has 1 aromatic carbocycles. The van der Waals surface area contributed by atoms with Gasteiger partial charge in [-0.25, -0.2) is 0 Å². The lowest BCUT2D eigenvalue weighted by Gasteiger charge is -2.06. The van der Waals surface area contributed by atoms with Crippen LogP contribution in [0.25, 0.3) is 17.0 Å². The molecule has 1 aliphatic rings. The maximum Gasteiger partial charge on any atom is 0.323 e. The molecule has 0 saturated carbocycles. The molecular formula is C17H12N2O4S. The number of fused-ring (bicyclic) bond motifs is 1. The molecule has 1 N–H and O–H groups in total. The zero-order valence-corrected chi connectivity index (χ0v) is 13.2. The van der Waals surface area contributed by atoms with Crippen molar-refractivity contribution in [2.75, 3.05) is 6.54 Å². The number of benzene rings is 1. The van der Waals surface area contributed by atoms with Crippen LogP contribution in [0.5, 0.6) is 0 Å². The summed E-state index contributed by atoms with van der Waals surface area (Å²) in [4.78, 5) is 36.4. The minimum atomic E-state index is -0.961. The number of rotatable bonds is 4. The fourth-order valence-electron chi connectivity index (χ4n) is 2.54. The number of hydrogen-bond donors (Lipinski definition) is 1. The average molecular weight is 340 g/mol. The highest BCUT2D eigenvalue weighted by Crippen LogP contribution is 2.33. The van der Waals surface area contributed by atoms with Crippen LogP contribution in [-0.2, 0) is 16.1 Å². The average Bonchev–Trinajstić information content (AvgIpc) is 3.01. The van der Waals surface area contributed by atoms with Crippen molar-refractivity contribution in [1.82, 2.24) is 9.47 Å². The number of carboxylic acids is 1. The number of terminal acetylenes is 1. The maximum absolute atomic E-state index is 12.3. The van der Waals surface area contributed by atoms with Gasteiger partial charge in [-0.05, 0) is 23.9 Å². The third-order valence-corrected chi connectivity index (χ3v) is 4.44. The molecule has 3 rings (SSSR count). The number of imide groups is 1. The number of para-hydroxylation sites is 1. The second kappa shape index (κ2) is 6.26. The number of carbonyl (C=O) groups is 3. The molecule has 120 valence electrons. The van der Waals surface area contributed by atoms with Crippen molar-refractivity contribution < 1.29 is 19.5 Å². The third-order valence-electron chi connectivity index (χ3n) is 3.53. The smallest absolute Gasteiger partial charge is 0.323 e. The largest absolute Gasteiger partial charge is 0.480 e. The van der Waals surface area contributed by atoms with E-state index in [-0.39, 0.29) is 18.0 Å². The first-order chi connectivity index (χ1) is 11.5. The molecule has 1 saturated heterocycles. The van der Waals surface area contributed by atoms with E-state index in [1.54, 1.807) is 22.9 Å². The maximum atomic E-state index is 12.3. The first kappa shape index (κ1) is 15.9. The van der Waals surface area contributed by atoms with Crippen LogP contribution < -0.4 is 0 Å². The molecule has 0 atom stereocenters. The topological polar surface area (TPSA) is 79.6 Å². The monoisotopic (exact) mass is 340 g/mol. The van der Waals surface area contributed by atoms with Gasteiger partial charge in [0.15, 0.2) is 0 Å². The second-order valence-corrected chi connectivity index (χ2v) is 6.09. The van der Waals surface area contributed by atoms with Crippen LogP contribution in [0.4, 0.5) is 4.79 Å². The van der Waals surface area contributed by atoms with E-state index in [0.717, 1.165) is 27.6 Å². The molecule has 6 nitrogen and oxygen atoms in total. The van der Waals surface area contributed by atoms with Gasteiger partial charge in [0, 0.05) is 22.7 Å². The summed E-state index contributed by atoms with van der Waals surface area (Å²) >= 11 is 0.826. The Hall–Kier alpha value is -2.98. The lowest BCUT2D eigenvalue weighted by Crippen LogP contribution is -2.28. The van der Waals surface area contributed by atoms with E-state index in [4.69, 9.17) is 11.5 Å². The van der Waals surface area contributed by atoms with E-state index in [9.17, 15) is 14.4 Å². The number of aromatic nitrogens is 1. The molecule has 2 heterocycles. The Balaban J connectivity index is 2.05. The molecule has 1 aliphatic heterocycles. The summed E-state index contributed by atoms with van der Waals surface area (Å²) in [5.74, 6) is 0.891. The fraction of sp³-hybridized carbons (Fsp3) is 0.118. The summed E-state index contributed by atoms with van der Waals surface area (Å²) in [6.07, 6.45) is 8.43. The number of carboxylic acid groups (broad SMARTS) is 1. The molecule has 1 aromatic heterocycles. The fourth-order valence-corrected chi connectivity index (χ4v) is 3.36. The lowest BCUT2D eigenvalue weighted by atomic mass is 10.1. The summed E-state index contributed by atoms with van der Waals surface area (Å²) in [7, 11) is 0. The molecule has 1 fully saturated rings. The van der Waals surface area contributed by atoms with Gasteiger partial charge in [-0.2, -0.15) is 0 Å². The Bertz CT molecular complexity index is 936. The van der Waals surface area contributed by atoms with Crippen LogP contribution in [0, 0.1) is 12.3 Å². The highest BCUT2D eigenvalue weighted by molar-refractivity contribution is 8.18. The van der Waals surface area contributed by atoms with Gasteiger partial charge in [0.25, 0.3) is 11.1 Å². The van der Waals surface area contributed by atoms with Crippen molar-refractivity contribution in [3.63, 3.8) is 0 Å². The summed E-state index contributed by atoms with van der Waals surface area (Å²) < 4.78 is 1.59. The van der Waals surface area contributed by atoms with Crippen LogP contribution >= 0.6 is 11.8 Å². The molecule has 7 heteroatoms. The van der Waals surface area contributed by atoms with E-state index < -0.39 is 17.1 Å². The van der Waals surface area contributed by atoms with E-state index in [1.807, 2.05) is 18.2 Å². The molecule has 2 amide bonds. The number of thioether (sulfide) groups is 1. The highest BCUT2D eigenvalue weighted by atomic mass is 32.2. The molecule has 0 bridgehead atoms. The second-order valence-electron chi connectivity index (χ2n) is 5.10. The van der Waals surface area contributed by atoms with Crippen LogP contribution in [0.15, 0.2) is 35.4 Å². The minimum absolute atomic E-state index is 0.0667. The van der Waals surface area contributed by atoms with E-state index >= 15 is 0 Å². The number of carbonyl (C=O) groups excluding carboxylic acids is 2. The first-order valence-corrected chi connectivity index (χ1v) is 7.81. The summed E-state index contributed by atoms with van der Waals surface area (Å²) in [5, 5.41) is 9.43. The normalized spacial score (nSPS) is 16.1. The van der Waals surface area contributed by atoms with Crippen molar-refractivity contribution in [2.45, 2.75) is 6.54 Å². The van der Waals surface area contributed by atoms with Gasteiger partial charge in [-0.1, -0.05) is 24.1 Å². The van der Waals surface area contributed by atoms with Crippen LogP contribution in [0.3, 0.4) is 0 Å². The van der Waals surface area contributed by atoms with Crippen molar-refractivity contribution in [1.29, 1.82) is 0 Å². The zero-order valence-electron chi connectivity index (χ0n) is 12.4. The number of hydrogen-bond acceptors (Lipinski definition) is 4. The minimum Gasteiger partial charge on any atom is -0.480 e. The molecule has 0 radical (unpaired) electrons. The third kappa shape index (κ3) is 2.79. The molecule has 0 aliphatic carbocycles. The molecule has 0 spiro atoms. The van der Waals surface area contributed by atoms with E-state index in [0.29, 0.717) is 5.56 Å². The first-order valence-electron chi connectivity index (χ1n) is 6.99. The van der Waals surface area contributed by atoms with Gasteiger partial charge in [0.05, 0.1) is 11.4 Å². The number of nitrogens with zero attached hydrogens (tertiary/aromatic N) is 2. The molecule has 2 aromatic rings. The van der Waals surface area contributed by atoms with Gasteiger partial charge in [-0.3, -0.25) is 19.3 Å². The standard InChI is InChI=1S/C17H12N2O4S/c1-2-7-19-16(22)14(24-17(19)23)8-11-9-18(10-15(20)21)13-6-4-3-5-12(11)13/h1,3-6,8-9H,7,10H2,(H,20,21). The predicted molar refractivity (Wildman–Crippen MR) is 91.1 cm³/mol. The van der Waals surface area contributed by atoms with Gasteiger partial charge >= 0.3 is 5.97 Å². The zero-order chi connectivity index (χ0) is 17.3. The Morgan fingerprint density at radius 2 is 2.08 bits per heavy atom. The van der Waals surface area contributed by atoms with Crippen molar-refractivity contribution >= 4 is 45.9 Å². The Morgan fingerprint density at radius 1 is 1.33 bits per heavy atom. The van der Waals surface area contributed by atoms with Gasteiger partial charge in [0.1, 0.15) is 6.54 Å². The van der Waals surface area contributed by atoms with Gasteiger partial charge < -0.3 is 9.67 Å². The SMILES string of the molecule is C#CCN1C(=O)SC(=Cc2cn(CC(=O)O)c3ccccc23)C1=O. The quantitative estimate of drug-likeness (QED) is 0.683. The molecular weight excluding hydrogens is 328 g/mol. The summed E-state index contributed by atoms with van der Waals surface area (Å²) in [6, 6.07) is 7.28. The summed E-state index contributed by atoms with van der Waals surface area (Å²) in [6.45, 7) is -0.254. The highest BCUT2D eigenvalue weighted by Gasteiger charge is 2.34. The van der Waals surface area contributed by atoms with Crippen molar-refractivity contribution in [3.05, 3.63) is 40.9 Å². The number of amides is 2. The van der Waals surface area contributed by atoms with Gasteiger partial charge in [0.2, 0.25) is 0 Å². The van der Waals surface area contributed by atoms with Crippen LogP contribution in [0.2, 0.25) is 0 Å². The summed E-state index contributed by atoms with van der Waals surface area (Å²) in [5.41, 5.74) is 1.42. The Morgan fingerprint density at radius 3 is 2.79 bits per heavy atom. The van der Waals surface area contributed by atoms with Crippen LogP contribution in [0.1, 0.15) is 5.56 Å². The molecule has 0 unspecified atom stereocenters. The predicted octanol–water partition coefficient (Wildman–Crippen LogP) is 2.40. The van der Waals surface area contributed by atoms with E-state index in [1.165, 1.54) is 0 Å². The Kier molecular flexibility index (Phi) is 4.15. The van der Waals surface area contributed by atoms with Gasteiger partial charge in [-0.15, -0.1) is 6.42 Å². The van der Waals surface area contributed by atoms with Crippen LogP contribution in [-0.4, -0.2) is 38.2 Å². The molecule has 24 heavy (non-hydrogen) atoms. The lowest BCUT2D eigenvalue weighted by molar-refractivity contribution is -0.137.